The van der Waals surface area contributed by atoms with E-state index >= 15 is 0 Å². The Balaban J connectivity index is 1.81. The van der Waals surface area contributed by atoms with Crippen molar-refractivity contribution in [3.05, 3.63) is 60.7 Å². The van der Waals surface area contributed by atoms with Crippen LogP contribution < -0.4 is 0 Å². The van der Waals surface area contributed by atoms with Crippen LogP contribution in [-0.4, -0.2) is 20.3 Å². The zero-order chi connectivity index (χ0) is 10.3. The van der Waals surface area contributed by atoms with Crippen molar-refractivity contribution in [3.63, 3.8) is 0 Å². The van der Waals surface area contributed by atoms with Gasteiger partial charge in [0.1, 0.15) is 0 Å². The van der Waals surface area contributed by atoms with Gasteiger partial charge >= 0.3 is 108 Å². The van der Waals surface area contributed by atoms with Crippen LogP contribution in [0.15, 0.2) is 70.5 Å². The van der Waals surface area contributed by atoms with E-state index in [1.165, 1.54) is 9.79 Å². The number of rotatable bonds is 4. The van der Waals surface area contributed by atoms with Crippen LogP contribution in [0.3, 0.4) is 0 Å². The van der Waals surface area contributed by atoms with E-state index < -0.39 is 20.3 Å². The first-order chi connectivity index (χ1) is 7.45. The zero-order valence-electron chi connectivity index (χ0n) is 8.09. The SMILES string of the molecule is c1ccc([S][BiH][S]c2ccccc2)cc1. The average Bonchev–Trinajstić information content (AvgIpc) is 2.32. The fourth-order valence-electron chi connectivity index (χ4n) is 1.09. The molecular weight excluding hydrogens is 417 g/mol. The fourth-order valence-corrected chi connectivity index (χ4v) is 14.0. The van der Waals surface area contributed by atoms with Gasteiger partial charge in [0.25, 0.3) is 0 Å². The van der Waals surface area contributed by atoms with Gasteiger partial charge in [-0.15, -0.1) is 0 Å². The van der Waals surface area contributed by atoms with Crippen LogP contribution in [0.25, 0.3) is 0 Å². The van der Waals surface area contributed by atoms with Crippen LogP contribution in [0.1, 0.15) is 0 Å². The van der Waals surface area contributed by atoms with Gasteiger partial charge in [0.2, 0.25) is 0 Å². The second kappa shape index (κ2) is 6.57. The molecule has 0 fully saturated rings. The van der Waals surface area contributed by atoms with Gasteiger partial charge < -0.3 is 0 Å². The van der Waals surface area contributed by atoms with E-state index in [2.05, 4.69) is 77.7 Å². The molecule has 0 saturated heterocycles. The Morgan fingerprint density at radius 3 is 1.40 bits per heavy atom. The molecular formula is C12H11BiS2. The Morgan fingerprint density at radius 1 is 0.600 bits per heavy atom. The Morgan fingerprint density at radius 2 is 1.00 bits per heavy atom. The molecule has 0 unspecified atom stereocenters. The van der Waals surface area contributed by atoms with Gasteiger partial charge in [-0.25, -0.2) is 0 Å². The van der Waals surface area contributed by atoms with Gasteiger partial charge in [0.05, 0.1) is 0 Å². The first-order valence-corrected chi connectivity index (χ1v) is 15.8. The average molecular weight is 428 g/mol. The summed E-state index contributed by atoms with van der Waals surface area (Å²) in [4.78, 5) is 2.84. The first kappa shape index (κ1) is 11.5. The van der Waals surface area contributed by atoms with E-state index in [9.17, 15) is 0 Å². The van der Waals surface area contributed by atoms with Crippen LogP contribution in [0.2, 0.25) is 0 Å². The van der Waals surface area contributed by atoms with Gasteiger partial charge in [-0.2, -0.15) is 0 Å². The van der Waals surface area contributed by atoms with Crippen LogP contribution in [0, 0.1) is 0 Å². The van der Waals surface area contributed by atoms with E-state index in [0.29, 0.717) is 0 Å². The summed E-state index contributed by atoms with van der Waals surface area (Å²) in [6.07, 6.45) is 0. The standard InChI is InChI=1S/2C6H6S.Bi.H/c2*7-6-4-2-1-3-5-6;;/h2*1-5,7H;;/q;;+2;/p-2. The summed E-state index contributed by atoms with van der Waals surface area (Å²) >= 11 is -0.638. The Kier molecular flexibility index (Phi) is 5.04. The molecule has 0 N–H and O–H groups in total. The number of hydrogen-bond donors (Lipinski definition) is 0. The van der Waals surface area contributed by atoms with Gasteiger partial charge in [-0.3, -0.25) is 0 Å². The molecule has 2 aromatic carbocycles. The zero-order valence-corrected chi connectivity index (χ0v) is 13.6. The van der Waals surface area contributed by atoms with Crippen LogP contribution in [-0.2, 0) is 0 Å². The molecule has 0 bridgehead atoms. The Hall–Kier alpha value is 0.0231. The summed E-state index contributed by atoms with van der Waals surface area (Å²) in [7, 11) is 4.15. The van der Waals surface area contributed by atoms with Crippen LogP contribution in [0.4, 0.5) is 0 Å². The van der Waals surface area contributed by atoms with Crippen molar-refractivity contribution >= 4 is 37.3 Å². The van der Waals surface area contributed by atoms with E-state index in [1.54, 1.807) is 0 Å². The van der Waals surface area contributed by atoms with Gasteiger partial charge in [0, 0.05) is 0 Å². The van der Waals surface area contributed by atoms with E-state index in [4.69, 9.17) is 0 Å². The Labute approximate surface area is 107 Å². The third-order valence-electron chi connectivity index (χ3n) is 1.81. The molecule has 0 heterocycles. The van der Waals surface area contributed by atoms with Crippen molar-refractivity contribution in [2.24, 2.45) is 0 Å². The van der Waals surface area contributed by atoms with E-state index in [1.807, 2.05) is 0 Å². The molecule has 15 heavy (non-hydrogen) atoms. The molecule has 76 valence electrons. The molecule has 2 aromatic rings. The second-order valence-corrected chi connectivity index (χ2v) is 15.5. The maximum absolute atomic E-state index is 2.20. The summed E-state index contributed by atoms with van der Waals surface area (Å²) < 4.78 is 0. The minimum atomic E-state index is -0.638. The van der Waals surface area contributed by atoms with Gasteiger partial charge in [-0.05, 0) is 0 Å². The topological polar surface area (TPSA) is 0 Å². The first-order valence-electron chi connectivity index (χ1n) is 4.64. The summed E-state index contributed by atoms with van der Waals surface area (Å²) in [5.41, 5.74) is 0. The predicted octanol–water partition coefficient (Wildman–Crippen LogP) is 3.84. The predicted molar refractivity (Wildman–Crippen MR) is 71.7 cm³/mol. The summed E-state index contributed by atoms with van der Waals surface area (Å²) in [6.45, 7) is 0. The summed E-state index contributed by atoms with van der Waals surface area (Å²) in [5.74, 6) is 0. The molecule has 2 rings (SSSR count). The number of hydrogen-bond acceptors (Lipinski definition) is 2. The van der Waals surface area contributed by atoms with Crippen molar-refractivity contribution < 1.29 is 0 Å². The van der Waals surface area contributed by atoms with Gasteiger partial charge in [-0.1, -0.05) is 0 Å². The molecule has 0 radical (unpaired) electrons. The third-order valence-corrected chi connectivity index (χ3v) is 14.8. The molecule has 0 nitrogen and oxygen atoms in total. The molecule has 3 heteroatoms. The molecule has 0 atom stereocenters. The molecule has 0 saturated carbocycles. The minimum absolute atomic E-state index is 0.638. The van der Waals surface area contributed by atoms with Gasteiger partial charge in [0.15, 0.2) is 0 Å². The maximum atomic E-state index is 2.20. The third kappa shape index (κ3) is 4.18. The van der Waals surface area contributed by atoms with Crippen molar-refractivity contribution in [1.82, 2.24) is 0 Å². The quantitative estimate of drug-likeness (QED) is 0.679. The van der Waals surface area contributed by atoms with Crippen LogP contribution >= 0.6 is 17.0 Å². The normalized spacial score (nSPS) is 10.1. The molecule has 0 aromatic heterocycles. The fraction of sp³-hybridized carbons (Fsp3) is 0. The Bertz CT molecular complexity index is 349. The van der Waals surface area contributed by atoms with Crippen molar-refractivity contribution in [1.29, 1.82) is 0 Å². The summed E-state index contributed by atoms with van der Waals surface area (Å²) in [5, 5.41) is 0. The molecule has 0 aliphatic rings. The van der Waals surface area contributed by atoms with E-state index in [-0.39, 0.29) is 0 Å². The molecule has 0 spiro atoms. The molecule has 0 aliphatic carbocycles. The molecule has 0 aliphatic heterocycles. The molecule has 0 amide bonds. The second-order valence-electron chi connectivity index (χ2n) is 2.91. The summed E-state index contributed by atoms with van der Waals surface area (Å²) in [6, 6.07) is 21.4. The van der Waals surface area contributed by atoms with Crippen molar-refractivity contribution in [2.75, 3.05) is 0 Å². The van der Waals surface area contributed by atoms with Crippen molar-refractivity contribution in [2.45, 2.75) is 9.79 Å². The van der Waals surface area contributed by atoms with E-state index in [0.717, 1.165) is 0 Å². The monoisotopic (exact) mass is 428 g/mol. The van der Waals surface area contributed by atoms with Crippen molar-refractivity contribution in [3.8, 4) is 0 Å². The van der Waals surface area contributed by atoms with Crippen LogP contribution in [0.5, 0.6) is 0 Å². The number of benzene rings is 2.